The molecule has 0 aliphatic heterocycles. The van der Waals surface area contributed by atoms with Gasteiger partial charge in [-0.2, -0.15) is 4.98 Å². The molecule has 9 nitrogen and oxygen atoms in total. The molecule has 124 valence electrons. The average Bonchev–Trinajstić information content (AvgIpc) is 2.88. The van der Waals surface area contributed by atoms with E-state index in [-0.39, 0.29) is 6.42 Å². The summed E-state index contributed by atoms with van der Waals surface area (Å²) in [6, 6.07) is 1.44. The molecule has 2 heterocycles. The van der Waals surface area contributed by atoms with Crippen LogP contribution < -0.4 is 16.2 Å². The Balaban J connectivity index is 1.88. The van der Waals surface area contributed by atoms with Crippen LogP contribution in [-0.2, 0) is 11.2 Å². The second kappa shape index (κ2) is 7.52. The van der Waals surface area contributed by atoms with E-state index in [0.717, 1.165) is 24.2 Å². The van der Waals surface area contributed by atoms with Crippen LogP contribution in [0.15, 0.2) is 6.07 Å². The van der Waals surface area contributed by atoms with Crippen LogP contribution in [0, 0.1) is 13.8 Å². The van der Waals surface area contributed by atoms with Gasteiger partial charge < -0.3 is 5.32 Å². The summed E-state index contributed by atoms with van der Waals surface area (Å²) in [6.07, 6.45) is 1.83. The molecule has 2 aromatic rings. The fourth-order valence-corrected chi connectivity index (χ4v) is 2.02. The maximum atomic E-state index is 11.8. The first-order chi connectivity index (χ1) is 11.0. The zero-order chi connectivity index (χ0) is 16.8. The van der Waals surface area contributed by atoms with Gasteiger partial charge in [-0.25, -0.2) is 19.7 Å². The van der Waals surface area contributed by atoms with Crippen molar-refractivity contribution in [3.63, 3.8) is 0 Å². The van der Waals surface area contributed by atoms with Gasteiger partial charge in [-0.1, -0.05) is 13.3 Å². The summed E-state index contributed by atoms with van der Waals surface area (Å²) < 4.78 is 1.58. The zero-order valence-corrected chi connectivity index (χ0v) is 13.5. The minimum Gasteiger partial charge on any atom is -0.337 e. The molecule has 2 rings (SSSR count). The van der Waals surface area contributed by atoms with E-state index in [0.29, 0.717) is 18.1 Å². The molecule has 0 saturated carbocycles. The summed E-state index contributed by atoms with van der Waals surface area (Å²) in [4.78, 5) is 31.7. The minimum absolute atomic E-state index is 0.0446. The van der Waals surface area contributed by atoms with Crippen molar-refractivity contribution in [2.24, 2.45) is 0 Å². The van der Waals surface area contributed by atoms with Gasteiger partial charge in [0.15, 0.2) is 5.82 Å². The van der Waals surface area contributed by atoms with Gasteiger partial charge in [-0.05, 0) is 26.3 Å². The van der Waals surface area contributed by atoms with Gasteiger partial charge in [-0.3, -0.25) is 10.2 Å². The van der Waals surface area contributed by atoms with E-state index in [9.17, 15) is 9.59 Å². The smallest absolute Gasteiger partial charge is 0.333 e. The number of carbonyl (C=O) groups excluding carboxylic acids is 2. The van der Waals surface area contributed by atoms with Gasteiger partial charge in [0.1, 0.15) is 0 Å². The number of nitrogens with zero attached hydrogens (tertiary/aromatic N) is 4. The highest BCUT2D eigenvalue weighted by atomic mass is 16.2. The molecule has 0 unspecified atom stereocenters. The van der Waals surface area contributed by atoms with Crippen molar-refractivity contribution in [3.05, 3.63) is 23.3 Å². The number of urea groups is 1. The molecule has 2 aromatic heterocycles. The highest BCUT2D eigenvalue weighted by Crippen LogP contribution is 2.05. The largest absolute Gasteiger partial charge is 0.337 e. The monoisotopic (exact) mass is 319 g/mol. The number of carbonyl (C=O) groups is 2. The van der Waals surface area contributed by atoms with Crippen molar-refractivity contribution in [1.29, 1.82) is 0 Å². The Morgan fingerprint density at radius 1 is 1.22 bits per heavy atom. The highest BCUT2D eigenvalue weighted by Gasteiger charge is 2.12. The van der Waals surface area contributed by atoms with E-state index in [2.05, 4.69) is 31.2 Å². The molecule has 0 aromatic carbocycles. The number of hydrogen-bond acceptors (Lipinski definition) is 5. The first kappa shape index (κ1) is 16.7. The highest BCUT2D eigenvalue weighted by molar-refractivity contribution is 5.82. The molecular formula is C14H21N7O2. The molecular weight excluding hydrogens is 298 g/mol. The third kappa shape index (κ3) is 4.63. The molecule has 0 spiro atoms. The standard InChI is InChI=1S/C14H21N7O2/c1-4-5-6-15-14(23)19-18-12(22)8-11-17-13-16-9(2)7-10(3)21(13)20-11/h7H,4-6,8H2,1-3H3,(H,18,22)(H2,15,19,23). The van der Waals surface area contributed by atoms with Crippen LogP contribution in [0.4, 0.5) is 4.79 Å². The van der Waals surface area contributed by atoms with Crippen LogP contribution in [0.2, 0.25) is 0 Å². The maximum Gasteiger partial charge on any atom is 0.333 e. The van der Waals surface area contributed by atoms with Crippen LogP contribution in [0.25, 0.3) is 5.78 Å². The van der Waals surface area contributed by atoms with Gasteiger partial charge in [0.05, 0.1) is 6.42 Å². The summed E-state index contributed by atoms with van der Waals surface area (Å²) in [5, 5.41) is 6.86. The zero-order valence-electron chi connectivity index (χ0n) is 13.5. The van der Waals surface area contributed by atoms with Gasteiger partial charge in [0.2, 0.25) is 5.91 Å². The number of fused-ring (bicyclic) bond motifs is 1. The van der Waals surface area contributed by atoms with Crippen LogP contribution in [0.5, 0.6) is 0 Å². The number of aryl methyl sites for hydroxylation is 2. The summed E-state index contributed by atoms with van der Waals surface area (Å²) in [5.41, 5.74) is 6.33. The van der Waals surface area contributed by atoms with Crippen LogP contribution in [0.3, 0.4) is 0 Å². The second-order valence-electron chi connectivity index (χ2n) is 5.24. The van der Waals surface area contributed by atoms with Crippen LogP contribution in [0.1, 0.15) is 37.0 Å². The summed E-state index contributed by atoms with van der Waals surface area (Å²) >= 11 is 0. The van der Waals surface area contributed by atoms with Crippen molar-refractivity contribution >= 4 is 17.7 Å². The van der Waals surface area contributed by atoms with E-state index in [4.69, 9.17) is 0 Å². The van der Waals surface area contributed by atoms with Crippen molar-refractivity contribution in [2.45, 2.75) is 40.0 Å². The number of unbranched alkanes of at least 4 members (excludes halogenated alkanes) is 1. The Bertz CT molecular complexity index is 710. The van der Waals surface area contributed by atoms with E-state index >= 15 is 0 Å². The fourth-order valence-electron chi connectivity index (χ4n) is 2.02. The molecule has 0 bridgehead atoms. The second-order valence-corrected chi connectivity index (χ2v) is 5.24. The summed E-state index contributed by atoms with van der Waals surface area (Å²) in [5.74, 6) is 0.397. The fraction of sp³-hybridized carbons (Fsp3) is 0.500. The van der Waals surface area contributed by atoms with Gasteiger partial charge in [-0.15, -0.1) is 5.10 Å². The predicted octanol–water partition coefficient (Wildman–Crippen LogP) is 0.414. The molecule has 3 N–H and O–H groups in total. The number of rotatable bonds is 5. The molecule has 0 saturated heterocycles. The topological polar surface area (TPSA) is 113 Å². The van der Waals surface area contributed by atoms with Gasteiger partial charge in [0, 0.05) is 17.9 Å². The molecule has 0 aliphatic carbocycles. The van der Waals surface area contributed by atoms with Gasteiger partial charge >= 0.3 is 6.03 Å². The van der Waals surface area contributed by atoms with Crippen molar-refractivity contribution < 1.29 is 9.59 Å². The number of hydrogen-bond donors (Lipinski definition) is 3. The maximum absolute atomic E-state index is 11.8. The van der Waals surface area contributed by atoms with E-state index in [1.807, 2.05) is 26.8 Å². The Morgan fingerprint density at radius 3 is 2.74 bits per heavy atom. The Hall–Kier alpha value is -2.71. The Morgan fingerprint density at radius 2 is 2.00 bits per heavy atom. The first-order valence-electron chi connectivity index (χ1n) is 7.52. The molecule has 0 aliphatic rings. The minimum atomic E-state index is -0.442. The van der Waals surface area contributed by atoms with E-state index in [1.54, 1.807) is 4.52 Å². The Kier molecular flexibility index (Phi) is 5.45. The molecule has 3 amide bonds. The van der Waals surface area contributed by atoms with E-state index in [1.165, 1.54) is 0 Å². The third-order valence-corrected chi connectivity index (χ3v) is 3.11. The molecule has 9 heteroatoms. The van der Waals surface area contributed by atoms with Crippen LogP contribution in [-0.4, -0.2) is 38.1 Å². The molecule has 23 heavy (non-hydrogen) atoms. The lowest BCUT2D eigenvalue weighted by molar-refractivity contribution is -0.121. The van der Waals surface area contributed by atoms with E-state index < -0.39 is 11.9 Å². The lowest BCUT2D eigenvalue weighted by Gasteiger charge is -2.07. The van der Waals surface area contributed by atoms with Crippen molar-refractivity contribution in [1.82, 2.24) is 35.8 Å². The SMILES string of the molecule is CCCCNC(=O)NNC(=O)Cc1nc2nc(C)cc(C)n2n1. The third-order valence-electron chi connectivity index (χ3n) is 3.11. The van der Waals surface area contributed by atoms with Gasteiger partial charge in [0.25, 0.3) is 5.78 Å². The first-order valence-corrected chi connectivity index (χ1v) is 7.52. The molecule has 0 atom stereocenters. The average molecular weight is 319 g/mol. The summed E-state index contributed by atoms with van der Waals surface area (Å²) in [7, 11) is 0. The lowest BCUT2D eigenvalue weighted by Crippen LogP contribution is -2.47. The van der Waals surface area contributed by atoms with Crippen molar-refractivity contribution in [2.75, 3.05) is 6.54 Å². The Labute approximate surface area is 133 Å². The van der Waals surface area contributed by atoms with Crippen LogP contribution >= 0.6 is 0 Å². The summed E-state index contributed by atoms with van der Waals surface area (Å²) in [6.45, 7) is 6.36. The number of aromatic nitrogens is 4. The number of amides is 3. The predicted molar refractivity (Wildman–Crippen MR) is 83.5 cm³/mol. The number of nitrogens with one attached hydrogen (secondary N) is 3. The molecule has 0 fully saturated rings. The molecule has 0 radical (unpaired) electrons. The van der Waals surface area contributed by atoms with Crippen molar-refractivity contribution in [3.8, 4) is 0 Å². The number of hydrazine groups is 1. The normalized spacial score (nSPS) is 10.6. The lowest BCUT2D eigenvalue weighted by atomic mass is 10.3. The quantitative estimate of drug-likeness (QED) is 0.546.